The van der Waals surface area contributed by atoms with Gasteiger partial charge < -0.3 is 15.3 Å². The molecule has 2 heterocycles. The molecule has 2 N–H and O–H groups in total. The second kappa shape index (κ2) is 2.61. The number of amides is 2. The molecule has 2 aliphatic heterocycles. The van der Waals surface area contributed by atoms with Gasteiger partial charge in [-0.15, -0.1) is 0 Å². The molecule has 0 aliphatic carbocycles. The minimum Gasteiger partial charge on any atom is -0.465 e. The predicted octanol–water partition coefficient (Wildman–Crippen LogP) is -0.124. The van der Waals surface area contributed by atoms with Crippen molar-refractivity contribution in [3.8, 4) is 0 Å². The highest BCUT2D eigenvalue weighted by atomic mass is 16.4. The lowest BCUT2D eigenvalue weighted by atomic mass is 9.73. The first-order valence-corrected chi connectivity index (χ1v) is 4.40. The number of carboxylic acid groups (broad SMARTS) is 1. The van der Waals surface area contributed by atoms with Gasteiger partial charge in [0.25, 0.3) is 0 Å². The predicted molar refractivity (Wildman–Crippen MR) is 44.3 cm³/mol. The average Bonchev–Trinajstić information content (AvgIpc) is 2.15. The Kier molecular flexibility index (Phi) is 1.68. The second-order valence-corrected chi connectivity index (χ2v) is 3.73. The fourth-order valence-electron chi connectivity index (χ4n) is 1.94. The Labute approximate surface area is 75.7 Å². The Bertz CT molecular complexity index is 256. The molecule has 0 unspecified atom stereocenters. The normalized spacial score (nSPS) is 25.2. The number of nitrogens with zero attached hydrogens (tertiary/aromatic N) is 1. The van der Waals surface area contributed by atoms with Crippen LogP contribution < -0.4 is 5.32 Å². The van der Waals surface area contributed by atoms with Crippen LogP contribution in [-0.2, 0) is 4.79 Å². The molecule has 1 spiro atoms. The van der Waals surface area contributed by atoms with Crippen molar-refractivity contribution >= 4 is 12.0 Å². The van der Waals surface area contributed by atoms with Crippen LogP contribution in [0.25, 0.3) is 0 Å². The summed E-state index contributed by atoms with van der Waals surface area (Å²) in [5.41, 5.74) is -0.230. The molecule has 2 amide bonds. The van der Waals surface area contributed by atoms with Crippen LogP contribution in [0.15, 0.2) is 0 Å². The smallest absolute Gasteiger partial charge is 0.407 e. The van der Waals surface area contributed by atoms with E-state index in [2.05, 4.69) is 5.32 Å². The van der Waals surface area contributed by atoms with Crippen LogP contribution in [0, 0.1) is 5.41 Å². The summed E-state index contributed by atoms with van der Waals surface area (Å²) < 4.78 is 0. The molecule has 2 rings (SSSR count). The molecule has 0 atom stereocenters. The Hall–Kier alpha value is -1.26. The van der Waals surface area contributed by atoms with Crippen LogP contribution in [-0.4, -0.2) is 41.6 Å². The molecule has 5 heteroatoms. The van der Waals surface area contributed by atoms with E-state index in [4.69, 9.17) is 5.11 Å². The maximum Gasteiger partial charge on any atom is 0.407 e. The monoisotopic (exact) mass is 184 g/mol. The summed E-state index contributed by atoms with van der Waals surface area (Å²) in [5, 5.41) is 11.4. The van der Waals surface area contributed by atoms with Crippen molar-refractivity contribution < 1.29 is 14.7 Å². The van der Waals surface area contributed by atoms with Crippen molar-refractivity contribution in [2.75, 3.05) is 19.6 Å². The van der Waals surface area contributed by atoms with Crippen molar-refractivity contribution in [3.63, 3.8) is 0 Å². The highest BCUT2D eigenvalue weighted by Crippen LogP contribution is 2.35. The van der Waals surface area contributed by atoms with Gasteiger partial charge in [0.05, 0.1) is 5.41 Å². The first-order chi connectivity index (χ1) is 6.14. The van der Waals surface area contributed by atoms with Gasteiger partial charge in [-0.05, 0) is 12.8 Å². The van der Waals surface area contributed by atoms with Crippen molar-refractivity contribution in [2.24, 2.45) is 5.41 Å². The standard InChI is InChI=1S/C8H12N2O3/c11-6-8(5-9-6)1-3-10(4-2-8)7(12)13/h1-5H2,(H,9,11)(H,12,13). The number of hydrogen-bond acceptors (Lipinski definition) is 2. The van der Waals surface area contributed by atoms with Crippen LogP contribution in [0.5, 0.6) is 0 Å². The van der Waals surface area contributed by atoms with Gasteiger partial charge in [0.1, 0.15) is 0 Å². The molecule has 0 aromatic carbocycles. The third kappa shape index (κ3) is 1.15. The molecule has 0 bridgehead atoms. The minimum absolute atomic E-state index is 0.0949. The summed E-state index contributed by atoms with van der Waals surface area (Å²) in [4.78, 5) is 23.2. The van der Waals surface area contributed by atoms with E-state index < -0.39 is 6.09 Å². The summed E-state index contributed by atoms with van der Waals surface area (Å²) in [6, 6.07) is 0. The maximum absolute atomic E-state index is 11.2. The van der Waals surface area contributed by atoms with Gasteiger partial charge in [-0.3, -0.25) is 4.79 Å². The van der Waals surface area contributed by atoms with E-state index in [1.165, 1.54) is 4.90 Å². The zero-order valence-corrected chi connectivity index (χ0v) is 7.25. The van der Waals surface area contributed by atoms with E-state index in [0.717, 1.165) is 6.54 Å². The largest absolute Gasteiger partial charge is 0.465 e. The lowest BCUT2D eigenvalue weighted by Gasteiger charge is -2.45. The summed E-state index contributed by atoms with van der Waals surface area (Å²) >= 11 is 0. The van der Waals surface area contributed by atoms with Crippen LogP contribution in [0.2, 0.25) is 0 Å². The van der Waals surface area contributed by atoms with E-state index in [9.17, 15) is 9.59 Å². The number of piperidine rings is 1. The number of nitrogens with one attached hydrogen (secondary N) is 1. The van der Waals surface area contributed by atoms with Crippen molar-refractivity contribution in [2.45, 2.75) is 12.8 Å². The van der Waals surface area contributed by atoms with Crippen LogP contribution in [0.1, 0.15) is 12.8 Å². The molecule has 72 valence electrons. The SMILES string of the molecule is O=C(O)N1CCC2(CC1)CNC2=O. The van der Waals surface area contributed by atoms with Gasteiger partial charge in [-0.2, -0.15) is 0 Å². The number of carbonyl (C=O) groups is 2. The van der Waals surface area contributed by atoms with E-state index in [1.807, 2.05) is 0 Å². The van der Waals surface area contributed by atoms with E-state index in [1.54, 1.807) is 0 Å². The fraction of sp³-hybridized carbons (Fsp3) is 0.750. The van der Waals surface area contributed by atoms with Gasteiger partial charge in [-0.25, -0.2) is 4.79 Å². The lowest BCUT2D eigenvalue weighted by Crippen LogP contribution is -2.63. The van der Waals surface area contributed by atoms with E-state index in [0.29, 0.717) is 25.9 Å². The van der Waals surface area contributed by atoms with E-state index >= 15 is 0 Å². The number of likely N-dealkylation sites (tertiary alicyclic amines) is 1. The first-order valence-electron chi connectivity index (χ1n) is 4.40. The molecule has 0 aromatic rings. The first kappa shape index (κ1) is 8.34. The molecular formula is C8H12N2O3. The Morgan fingerprint density at radius 2 is 2.08 bits per heavy atom. The third-order valence-electron chi connectivity index (χ3n) is 3.06. The molecule has 0 saturated carbocycles. The van der Waals surface area contributed by atoms with Crippen LogP contribution >= 0.6 is 0 Å². The van der Waals surface area contributed by atoms with Gasteiger partial charge in [0, 0.05) is 19.6 Å². The molecule has 0 aromatic heterocycles. The number of rotatable bonds is 0. The minimum atomic E-state index is -0.880. The topological polar surface area (TPSA) is 69.6 Å². The molecule has 5 nitrogen and oxygen atoms in total. The van der Waals surface area contributed by atoms with Gasteiger partial charge in [0.2, 0.25) is 5.91 Å². The molecule has 0 radical (unpaired) electrons. The van der Waals surface area contributed by atoms with Gasteiger partial charge >= 0.3 is 6.09 Å². The lowest BCUT2D eigenvalue weighted by molar-refractivity contribution is -0.143. The number of β-lactam (4-membered cyclic amide) rings is 1. The molecule has 2 aliphatic rings. The maximum atomic E-state index is 11.2. The summed E-state index contributed by atoms with van der Waals surface area (Å²) in [6.07, 6.45) is 0.464. The summed E-state index contributed by atoms with van der Waals surface area (Å²) in [7, 11) is 0. The van der Waals surface area contributed by atoms with Gasteiger partial charge in [0.15, 0.2) is 0 Å². The third-order valence-corrected chi connectivity index (χ3v) is 3.06. The average molecular weight is 184 g/mol. The zero-order valence-electron chi connectivity index (χ0n) is 7.25. The number of carbonyl (C=O) groups excluding carboxylic acids is 1. The number of hydrogen-bond donors (Lipinski definition) is 2. The second-order valence-electron chi connectivity index (χ2n) is 3.73. The van der Waals surface area contributed by atoms with Crippen LogP contribution in [0.4, 0.5) is 4.79 Å². The highest BCUT2D eigenvalue weighted by Gasteiger charge is 2.48. The Morgan fingerprint density at radius 1 is 1.46 bits per heavy atom. The van der Waals surface area contributed by atoms with Crippen molar-refractivity contribution in [1.29, 1.82) is 0 Å². The van der Waals surface area contributed by atoms with Crippen LogP contribution in [0.3, 0.4) is 0 Å². The van der Waals surface area contributed by atoms with Crippen molar-refractivity contribution in [1.82, 2.24) is 10.2 Å². The quantitative estimate of drug-likeness (QED) is 0.515. The van der Waals surface area contributed by atoms with E-state index in [-0.39, 0.29) is 11.3 Å². The van der Waals surface area contributed by atoms with Crippen molar-refractivity contribution in [3.05, 3.63) is 0 Å². The highest BCUT2D eigenvalue weighted by molar-refractivity contribution is 5.88. The Morgan fingerprint density at radius 3 is 2.38 bits per heavy atom. The Balaban J connectivity index is 1.96. The molecule has 13 heavy (non-hydrogen) atoms. The molecule has 2 saturated heterocycles. The van der Waals surface area contributed by atoms with Gasteiger partial charge in [-0.1, -0.05) is 0 Å². The summed E-state index contributed by atoms with van der Waals surface area (Å²) in [5.74, 6) is 0.0949. The fourth-order valence-corrected chi connectivity index (χ4v) is 1.94. The molecule has 2 fully saturated rings. The summed E-state index contributed by atoms with van der Waals surface area (Å²) in [6.45, 7) is 1.70. The zero-order chi connectivity index (χ0) is 9.47. The molecular weight excluding hydrogens is 172 g/mol.